The summed E-state index contributed by atoms with van der Waals surface area (Å²) in [5.41, 5.74) is 4.90. The van der Waals surface area contributed by atoms with Gasteiger partial charge in [0.15, 0.2) is 0 Å². The largest absolute Gasteiger partial charge is 0.353 e. The Hall–Kier alpha value is -3.39. The quantitative estimate of drug-likeness (QED) is 0.228. The van der Waals surface area contributed by atoms with Crippen LogP contribution < -0.4 is 10.6 Å². The van der Waals surface area contributed by atoms with E-state index in [1.54, 1.807) is 0 Å². The minimum absolute atomic E-state index is 0.882. The predicted molar refractivity (Wildman–Crippen MR) is 151 cm³/mol. The molecule has 0 fully saturated rings. The first-order valence-corrected chi connectivity index (χ1v) is 13.4. The maximum absolute atomic E-state index is 3.88. The number of halogens is 1. The molecule has 162 valence electrons. The van der Waals surface area contributed by atoms with Crippen LogP contribution in [0.5, 0.6) is 0 Å². The van der Waals surface area contributed by atoms with E-state index in [-0.39, 0.29) is 0 Å². The molecule has 2 nitrogen and oxygen atoms in total. The molecule has 0 aliphatic heterocycles. The van der Waals surface area contributed by atoms with Gasteiger partial charge >= 0.3 is 0 Å². The summed E-state index contributed by atoms with van der Waals surface area (Å²) < 4.78 is 3.73. The van der Waals surface area contributed by atoms with Gasteiger partial charge in [-0.15, -0.1) is 0 Å². The summed E-state index contributed by atoms with van der Waals surface area (Å²) in [7, 11) is -0.882. The normalized spacial score (nSPS) is 12.7. The van der Waals surface area contributed by atoms with Crippen molar-refractivity contribution in [2.75, 3.05) is 0 Å². The SMILES string of the molecule is Brc1ccccc1P(c1ccccc1)n1c2ccccc2c2ccc3c4ccccc4[nH]c3c21. The number of hydrogen-bond acceptors (Lipinski definition) is 0. The van der Waals surface area contributed by atoms with E-state index in [9.17, 15) is 0 Å². The van der Waals surface area contributed by atoms with Crippen molar-refractivity contribution in [1.82, 2.24) is 9.32 Å². The lowest BCUT2D eigenvalue weighted by molar-refractivity contribution is 1.39. The standard InChI is InChI=1S/C30H20BrN2P/c31-25-14-6-9-17-28(25)34(20-10-2-1-3-11-20)33-27-16-8-5-13-22(27)24-19-18-23-21-12-4-7-15-26(21)32-29(23)30(24)33/h1-19,32H. The van der Waals surface area contributed by atoms with E-state index in [1.165, 1.54) is 54.2 Å². The van der Waals surface area contributed by atoms with Gasteiger partial charge in [-0.1, -0.05) is 113 Å². The van der Waals surface area contributed by atoms with Crippen LogP contribution in [-0.4, -0.2) is 9.32 Å². The zero-order chi connectivity index (χ0) is 22.6. The van der Waals surface area contributed by atoms with Crippen molar-refractivity contribution in [3.05, 3.63) is 120 Å². The molecule has 34 heavy (non-hydrogen) atoms. The Kier molecular flexibility index (Phi) is 4.62. The lowest BCUT2D eigenvalue weighted by Gasteiger charge is -2.23. The number of para-hydroxylation sites is 2. The number of nitrogens with one attached hydrogen (secondary N) is 1. The molecule has 0 bridgehead atoms. The van der Waals surface area contributed by atoms with E-state index in [1.807, 2.05) is 0 Å². The maximum atomic E-state index is 3.88. The molecule has 2 aromatic heterocycles. The first-order valence-electron chi connectivity index (χ1n) is 11.3. The van der Waals surface area contributed by atoms with Gasteiger partial charge in [0.05, 0.1) is 24.6 Å². The van der Waals surface area contributed by atoms with Crippen LogP contribution >= 0.6 is 24.0 Å². The molecule has 5 aromatic carbocycles. The average molecular weight is 519 g/mol. The van der Waals surface area contributed by atoms with Crippen LogP contribution in [0, 0.1) is 0 Å². The Bertz CT molecular complexity index is 1830. The highest BCUT2D eigenvalue weighted by molar-refractivity contribution is 9.10. The van der Waals surface area contributed by atoms with E-state index < -0.39 is 8.07 Å². The van der Waals surface area contributed by atoms with Crippen LogP contribution in [0.2, 0.25) is 0 Å². The fourth-order valence-corrected chi connectivity index (χ4v) is 8.38. The lowest BCUT2D eigenvalue weighted by atomic mass is 10.1. The fourth-order valence-electron chi connectivity index (χ4n) is 5.11. The Labute approximate surface area is 206 Å². The minimum atomic E-state index is -0.882. The number of H-pyrrole nitrogens is 1. The number of hydrogen-bond donors (Lipinski definition) is 1. The van der Waals surface area contributed by atoms with Crippen molar-refractivity contribution in [3.63, 3.8) is 0 Å². The van der Waals surface area contributed by atoms with Gasteiger partial charge in [0.1, 0.15) is 0 Å². The number of aromatic nitrogens is 2. The summed E-state index contributed by atoms with van der Waals surface area (Å²) >= 11 is 3.88. The summed E-state index contributed by atoms with van der Waals surface area (Å²) in [6, 6.07) is 41.5. The topological polar surface area (TPSA) is 20.7 Å². The molecular formula is C30H20BrN2P. The van der Waals surface area contributed by atoms with Gasteiger partial charge in [-0.2, -0.15) is 0 Å². The Balaban J connectivity index is 1.70. The molecule has 0 radical (unpaired) electrons. The van der Waals surface area contributed by atoms with Crippen LogP contribution in [0.15, 0.2) is 120 Å². The molecule has 4 heteroatoms. The van der Waals surface area contributed by atoms with Crippen LogP contribution in [0.25, 0.3) is 43.6 Å². The van der Waals surface area contributed by atoms with Crippen molar-refractivity contribution < 1.29 is 0 Å². The van der Waals surface area contributed by atoms with Gasteiger partial charge in [0, 0.05) is 42.1 Å². The summed E-state index contributed by atoms with van der Waals surface area (Å²) in [4.78, 5) is 3.77. The van der Waals surface area contributed by atoms with Crippen LogP contribution in [0.3, 0.4) is 0 Å². The third kappa shape index (κ3) is 2.91. The zero-order valence-corrected chi connectivity index (χ0v) is 20.7. The summed E-state index contributed by atoms with van der Waals surface area (Å²) in [5.74, 6) is 0. The molecular weight excluding hydrogens is 499 g/mol. The first kappa shape index (κ1) is 20.0. The summed E-state index contributed by atoms with van der Waals surface area (Å²) in [6.07, 6.45) is 0. The second-order valence-corrected chi connectivity index (χ2v) is 11.4. The van der Waals surface area contributed by atoms with Gasteiger partial charge in [-0.05, 0) is 18.2 Å². The maximum Gasteiger partial charge on any atom is 0.0776 e. The highest BCUT2D eigenvalue weighted by atomic mass is 79.9. The number of fused-ring (bicyclic) bond motifs is 7. The second-order valence-electron chi connectivity index (χ2n) is 8.48. The molecule has 0 amide bonds. The van der Waals surface area contributed by atoms with Crippen LogP contribution in [0.4, 0.5) is 0 Å². The van der Waals surface area contributed by atoms with Crippen LogP contribution in [0.1, 0.15) is 0 Å². The fraction of sp³-hybridized carbons (Fsp3) is 0. The van der Waals surface area contributed by atoms with Crippen molar-refractivity contribution in [1.29, 1.82) is 0 Å². The van der Waals surface area contributed by atoms with Gasteiger partial charge < -0.3 is 9.32 Å². The summed E-state index contributed by atoms with van der Waals surface area (Å²) in [5, 5.41) is 7.72. The van der Waals surface area contributed by atoms with Gasteiger partial charge in [0.2, 0.25) is 0 Å². The number of rotatable bonds is 3. The molecule has 0 saturated carbocycles. The van der Waals surface area contributed by atoms with E-state index in [4.69, 9.17) is 0 Å². The van der Waals surface area contributed by atoms with Gasteiger partial charge in [-0.25, -0.2) is 0 Å². The van der Waals surface area contributed by atoms with E-state index >= 15 is 0 Å². The van der Waals surface area contributed by atoms with Gasteiger partial charge in [0.25, 0.3) is 0 Å². The predicted octanol–water partition coefficient (Wildman–Crippen LogP) is 8.09. The number of benzene rings is 5. The smallest absolute Gasteiger partial charge is 0.0776 e. The molecule has 1 unspecified atom stereocenters. The van der Waals surface area contributed by atoms with E-state index in [0.29, 0.717) is 0 Å². The zero-order valence-electron chi connectivity index (χ0n) is 18.2. The minimum Gasteiger partial charge on any atom is -0.353 e. The highest BCUT2D eigenvalue weighted by Gasteiger charge is 2.25. The van der Waals surface area contributed by atoms with E-state index in [0.717, 1.165) is 4.47 Å². The van der Waals surface area contributed by atoms with Crippen molar-refractivity contribution in [3.8, 4) is 0 Å². The molecule has 0 aliphatic rings. The second kappa shape index (κ2) is 7.84. The number of aromatic amines is 1. The lowest BCUT2D eigenvalue weighted by Crippen LogP contribution is -2.18. The summed E-state index contributed by atoms with van der Waals surface area (Å²) in [6.45, 7) is 0. The third-order valence-electron chi connectivity index (χ3n) is 6.57. The molecule has 1 N–H and O–H groups in total. The molecule has 0 spiro atoms. The Morgan fingerprint density at radius 1 is 0.588 bits per heavy atom. The van der Waals surface area contributed by atoms with Crippen molar-refractivity contribution >= 4 is 78.2 Å². The monoisotopic (exact) mass is 518 g/mol. The van der Waals surface area contributed by atoms with Crippen molar-refractivity contribution in [2.24, 2.45) is 0 Å². The third-order valence-corrected chi connectivity index (χ3v) is 10.0. The molecule has 0 aliphatic carbocycles. The van der Waals surface area contributed by atoms with E-state index in [2.05, 4.69) is 141 Å². The Morgan fingerprint density at radius 3 is 2.12 bits per heavy atom. The highest BCUT2D eigenvalue weighted by Crippen LogP contribution is 2.47. The molecule has 7 rings (SSSR count). The molecule has 0 saturated heterocycles. The average Bonchev–Trinajstić information content (AvgIpc) is 3.42. The Morgan fingerprint density at radius 2 is 1.26 bits per heavy atom. The number of nitrogens with zero attached hydrogens (tertiary/aromatic N) is 1. The van der Waals surface area contributed by atoms with Gasteiger partial charge in [-0.3, -0.25) is 0 Å². The van der Waals surface area contributed by atoms with Crippen molar-refractivity contribution in [2.45, 2.75) is 0 Å². The van der Waals surface area contributed by atoms with Crippen LogP contribution in [-0.2, 0) is 0 Å². The first-order chi connectivity index (χ1) is 16.8. The molecule has 7 aromatic rings. The molecule has 1 atom stereocenters. The molecule has 2 heterocycles.